The molecule has 0 aliphatic carbocycles. The van der Waals surface area contributed by atoms with E-state index in [1.807, 2.05) is 18.2 Å². The molecule has 1 aliphatic rings. The number of ether oxygens (including phenoxy) is 2. The van der Waals surface area contributed by atoms with Crippen LogP contribution >= 0.6 is 0 Å². The van der Waals surface area contributed by atoms with Crippen LogP contribution in [0, 0.1) is 0 Å². The van der Waals surface area contributed by atoms with E-state index in [2.05, 4.69) is 5.32 Å². The average molecular weight is 264 g/mol. The molecule has 6 nitrogen and oxygen atoms in total. The van der Waals surface area contributed by atoms with Gasteiger partial charge in [0.1, 0.15) is 12.7 Å². The highest BCUT2D eigenvalue weighted by atomic mass is 16.6. The average Bonchev–Trinajstić information content (AvgIpc) is 2.42. The van der Waals surface area contributed by atoms with Crippen LogP contribution < -0.4 is 19.9 Å². The number of hydrogen-bond donors (Lipinski definition) is 1. The van der Waals surface area contributed by atoms with Gasteiger partial charge < -0.3 is 24.7 Å². The van der Waals surface area contributed by atoms with Crippen LogP contribution in [-0.4, -0.2) is 31.1 Å². The van der Waals surface area contributed by atoms with E-state index in [-0.39, 0.29) is 31.4 Å². The predicted octanol–water partition coefficient (Wildman–Crippen LogP) is -0.527. The maximum absolute atomic E-state index is 11.3. The van der Waals surface area contributed by atoms with Crippen LogP contribution in [-0.2, 0) is 9.59 Å². The summed E-state index contributed by atoms with van der Waals surface area (Å²) in [5.41, 5.74) is 0. The number of amides is 1. The van der Waals surface area contributed by atoms with Crippen LogP contribution in [0.3, 0.4) is 0 Å². The third kappa shape index (κ3) is 3.87. The Morgan fingerprint density at radius 2 is 2.00 bits per heavy atom. The summed E-state index contributed by atoms with van der Waals surface area (Å²) in [6, 6.07) is 7.29. The molecule has 0 radical (unpaired) electrons. The molecular weight excluding hydrogens is 250 g/mol. The number of para-hydroxylation sites is 2. The summed E-state index contributed by atoms with van der Waals surface area (Å²) in [4.78, 5) is 21.5. The molecular formula is C13H14NO5-. The Labute approximate surface area is 110 Å². The summed E-state index contributed by atoms with van der Waals surface area (Å²) >= 11 is 0. The lowest BCUT2D eigenvalue weighted by atomic mass is 10.2. The van der Waals surface area contributed by atoms with Gasteiger partial charge in [0.2, 0.25) is 5.91 Å². The fourth-order valence-corrected chi connectivity index (χ4v) is 1.70. The zero-order chi connectivity index (χ0) is 13.7. The third-order valence-corrected chi connectivity index (χ3v) is 2.65. The van der Waals surface area contributed by atoms with Crippen molar-refractivity contribution in [3.05, 3.63) is 24.3 Å². The number of carboxylic acid groups (broad SMARTS) is 1. The van der Waals surface area contributed by atoms with Gasteiger partial charge in [-0.15, -0.1) is 0 Å². The summed E-state index contributed by atoms with van der Waals surface area (Å²) in [5, 5.41) is 12.8. The number of carbonyl (C=O) groups is 2. The molecule has 0 fully saturated rings. The fraction of sp³-hybridized carbons (Fsp3) is 0.385. The van der Waals surface area contributed by atoms with Crippen LogP contribution in [0.25, 0.3) is 0 Å². The first-order chi connectivity index (χ1) is 9.15. The Balaban J connectivity index is 1.76. The van der Waals surface area contributed by atoms with E-state index in [0.29, 0.717) is 18.1 Å². The summed E-state index contributed by atoms with van der Waals surface area (Å²) in [7, 11) is 0. The van der Waals surface area contributed by atoms with Crippen LogP contribution in [0.2, 0.25) is 0 Å². The van der Waals surface area contributed by atoms with Gasteiger partial charge in [0.05, 0.1) is 6.54 Å². The first kappa shape index (κ1) is 13.2. The number of hydrogen-bond acceptors (Lipinski definition) is 5. The van der Waals surface area contributed by atoms with Crippen molar-refractivity contribution >= 4 is 11.9 Å². The number of fused-ring (bicyclic) bond motifs is 1. The predicted molar refractivity (Wildman–Crippen MR) is 63.6 cm³/mol. The van der Waals surface area contributed by atoms with Gasteiger partial charge in [0.15, 0.2) is 11.5 Å². The van der Waals surface area contributed by atoms with Gasteiger partial charge in [-0.25, -0.2) is 0 Å². The van der Waals surface area contributed by atoms with E-state index in [4.69, 9.17) is 9.47 Å². The largest absolute Gasteiger partial charge is 0.550 e. The Morgan fingerprint density at radius 3 is 2.74 bits per heavy atom. The molecule has 1 heterocycles. The SMILES string of the molecule is O=C([O-])CCC(=O)NCC1COc2ccccc2O1. The number of nitrogens with one attached hydrogen (secondary N) is 1. The second kappa shape index (κ2) is 6.08. The van der Waals surface area contributed by atoms with Crippen molar-refractivity contribution in [1.82, 2.24) is 5.32 Å². The van der Waals surface area contributed by atoms with E-state index < -0.39 is 5.97 Å². The van der Waals surface area contributed by atoms with Crippen LogP contribution in [0.5, 0.6) is 11.5 Å². The smallest absolute Gasteiger partial charge is 0.220 e. The van der Waals surface area contributed by atoms with Gasteiger partial charge >= 0.3 is 0 Å². The summed E-state index contributed by atoms with van der Waals surface area (Å²) < 4.78 is 11.1. The highest BCUT2D eigenvalue weighted by Crippen LogP contribution is 2.30. The number of aliphatic carboxylic acids is 1. The Hall–Kier alpha value is -2.24. The fourth-order valence-electron chi connectivity index (χ4n) is 1.70. The third-order valence-electron chi connectivity index (χ3n) is 2.65. The lowest BCUT2D eigenvalue weighted by Gasteiger charge is -2.26. The van der Waals surface area contributed by atoms with Crippen molar-refractivity contribution in [3.8, 4) is 11.5 Å². The molecule has 1 atom stereocenters. The molecule has 0 bridgehead atoms. The van der Waals surface area contributed by atoms with Crippen molar-refractivity contribution in [2.24, 2.45) is 0 Å². The second-order valence-electron chi connectivity index (χ2n) is 4.17. The van der Waals surface area contributed by atoms with Crippen LogP contribution in [0.1, 0.15) is 12.8 Å². The van der Waals surface area contributed by atoms with Gasteiger partial charge in [0.25, 0.3) is 0 Å². The Kier molecular flexibility index (Phi) is 4.22. The standard InChI is InChI=1S/C13H15NO5/c15-12(5-6-13(16)17)14-7-9-8-18-10-3-1-2-4-11(10)19-9/h1-4,9H,5-8H2,(H,14,15)(H,16,17)/p-1. The molecule has 1 aromatic carbocycles. The van der Waals surface area contributed by atoms with Gasteiger partial charge in [0, 0.05) is 12.4 Å². The van der Waals surface area contributed by atoms with Crippen LogP contribution in [0.4, 0.5) is 0 Å². The molecule has 1 aromatic rings. The minimum atomic E-state index is -1.23. The molecule has 0 saturated heterocycles. The molecule has 2 rings (SSSR count). The number of carbonyl (C=O) groups excluding carboxylic acids is 2. The molecule has 0 aromatic heterocycles. The lowest BCUT2D eigenvalue weighted by Crippen LogP contribution is -2.41. The second-order valence-corrected chi connectivity index (χ2v) is 4.17. The van der Waals surface area contributed by atoms with E-state index in [1.54, 1.807) is 6.07 Å². The molecule has 1 aliphatic heterocycles. The van der Waals surface area contributed by atoms with Crippen molar-refractivity contribution in [3.63, 3.8) is 0 Å². The van der Waals surface area contributed by atoms with Crippen molar-refractivity contribution in [2.75, 3.05) is 13.2 Å². The molecule has 1 N–H and O–H groups in total. The molecule has 1 unspecified atom stereocenters. The minimum Gasteiger partial charge on any atom is -0.550 e. The highest BCUT2D eigenvalue weighted by Gasteiger charge is 2.20. The van der Waals surface area contributed by atoms with Crippen molar-refractivity contribution < 1.29 is 24.2 Å². The van der Waals surface area contributed by atoms with E-state index in [9.17, 15) is 14.7 Å². The molecule has 19 heavy (non-hydrogen) atoms. The zero-order valence-electron chi connectivity index (χ0n) is 10.3. The summed E-state index contributed by atoms with van der Waals surface area (Å²) in [5.74, 6) is -0.252. The summed E-state index contributed by atoms with van der Waals surface area (Å²) in [6.07, 6.45) is -0.648. The molecule has 6 heteroatoms. The zero-order valence-corrected chi connectivity index (χ0v) is 10.3. The maximum atomic E-state index is 11.3. The lowest BCUT2D eigenvalue weighted by molar-refractivity contribution is -0.305. The topological polar surface area (TPSA) is 87.7 Å². The number of carboxylic acids is 1. The Bertz CT molecular complexity index is 474. The molecule has 0 saturated carbocycles. The van der Waals surface area contributed by atoms with Crippen LogP contribution in [0.15, 0.2) is 24.3 Å². The van der Waals surface area contributed by atoms with E-state index in [1.165, 1.54) is 0 Å². The number of rotatable bonds is 5. The highest BCUT2D eigenvalue weighted by molar-refractivity contribution is 5.79. The van der Waals surface area contributed by atoms with Gasteiger partial charge in [-0.3, -0.25) is 4.79 Å². The van der Waals surface area contributed by atoms with Crippen molar-refractivity contribution in [1.29, 1.82) is 0 Å². The van der Waals surface area contributed by atoms with Gasteiger partial charge in [-0.2, -0.15) is 0 Å². The first-order valence-electron chi connectivity index (χ1n) is 6.00. The van der Waals surface area contributed by atoms with Crippen molar-refractivity contribution in [2.45, 2.75) is 18.9 Å². The Morgan fingerprint density at radius 1 is 1.26 bits per heavy atom. The summed E-state index contributed by atoms with van der Waals surface area (Å²) in [6.45, 7) is 0.623. The quantitative estimate of drug-likeness (QED) is 0.772. The van der Waals surface area contributed by atoms with E-state index in [0.717, 1.165) is 0 Å². The minimum absolute atomic E-state index is 0.0908. The normalized spacial score (nSPS) is 16.7. The molecule has 0 spiro atoms. The number of benzene rings is 1. The molecule has 102 valence electrons. The first-order valence-corrected chi connectivity index (χ1v) is 6.00. The van der Waals surface area contributed by atoms with E-state index >= 15 is 0 Å². The van der Waals surface area contributed by atoms with Gasteiger partial charge in [-0.1, -0.05) is 12.1 Å². The van der Waals surface area contributed by atoms with Gasteiger partial charge in [-0.05, 0) is 18.6 Å². The molecule has 1 amide bonds. The monoisotopic (exact) mass is 264 g/mol. The maximum Gasteiger partial charge on any atom is 0.220 e.